The Hall–Kier alpha value is -2.24. The predicted molar refractivity (Wildman–Crippen MR) is 88.2 cm³/mol. The van der Waals surface area contributed by atoms with E-state index in [-0.39, 0.29) is 6.61 Å². The Kier molecular flexibility index (Phi) is 5.87. The molecule has 0 fully saturated rings. The lowest BCUT2D eigenvalue weighted by Gasteiger charge is -2.23. The zero-order chi connectivity index (χ0) is 14.9. The molecule has 2 aromatic rings. The highest BCUT2D eigenvalue weighted by atomic mass is 16.2. The molecule has 1 N–H and O–H groups in total. The quantitative estimate of drug-likeness (QED) is 0.847. The monoisotopic (exact) mass is 279 g/mol. The molecule has 2 heteroatoms. The van der Waals surface area contributed by atoms with Crippen molar-refractivity contribution in [2.24, 2.45) is 0 Å². The van der Waals surface area contributed by atoms with Gasteiger partial charge < -0.3 is 10.0 Å². The van der Waals surface area contributed by atoms with Gasteiger partial charge in [0, 0.05) is 30.8 Å². The Morgan fingerprint density at radius 3 is 2.33 bits per heavy atom. The zero-order valence-corrected chi connectivity index (χ0v) is 12.4. The molecular weight excluding hydrogens is 258 g/mol. The molecule has 21 heavy (non-hydrogen) atoms. The van der Waals surface area contributed by atoms with Crippen LogP contribution in [0.2, 0.25) is 0 Å². The normalized spacial score (nSPS) is 9.81. The van der Waals surface area contributed by atoms with Crippen LogP contribution in [0.5, 0.6) is 0 Å². The fraction of sp³-hybridized carbons (Fsp3) is 0.263. The Labute approximate surface area is 127 Å². The minimum Gasteiger partial charge on any atom is -0.395 e. The number of aliphatic hydroxyl groups is 1. The minimum absolute atomic E-state index is 0.119. The van der Waals surface area contributed by atoms with E-state index < -0.39 is 0 Å². The number of hydrogen-bond acceptors (Lipinski definition) is 2. The molecule has 108 valence electrons. The Morgan fingerprint density at radius 2 is 1.71 bits per heavy atom. The highest BCUT2D eigenvalue weighted by Crippen LogP contribution is 2.16. The van der Waals surface area contributed by atoms with Gasteiger partial charge in [0.25, 0.3) is 0 Å². The van der Waals surface area contributed by atoms with Gasteiger partial charge in [0.15, 0.2) is 0 Å². The summed E-state index contributed by atoms with van der Waals surface area (Å²) in [5.41, 5.74) is 3.51. The van der Waals surface area contributed by atoms with Crippen LogP contribution in [-0.2, 0) is 6.54 Å². The third-order valence-electron chi connectivity index (χ3n) is 3.30. The first-order valence-electron chi connectivity index (χ1n) is 7.32. The van der Waals surface area contributed by atoms with Gasteiger partial charge in [-0.3, -0.25) is 0 Å². The van der Waals surface area contributed by atoms with Crippen molar-refractivity contribution in [3.05, 3.63) is 65.7 Å². The Morgan fingerprint density at radius 1 is 1.00 bits per heavy atom. The smallest absolute Gasteiger partial charge is 0.0540 e. The number of hydrogen-bond donors (Lipinski definition) is 1. The molecule has 0 aliphatic heterocycles. The van der Waals surface area contributed by atoms with Crippen molar-refractivity contribution in [1.82, 2.24) is 0 Å². The molecule has 0 amide bonds. The van der Waals surface area contributed by atoms with Gasteiger partial charge in [0.2, 0.25) is 0 Å². The van der Waals surface area contributed by atoms with Crippen molar-refractivity contribution in [1.29, 1.82) is 0 Å². The Bertz CT molecular complexity index is 593. The van der Waals surface area contributed by atoms with Crippen LogP contribution in [0.25, 0.3) is 0 Å². The maximum absolute atomic E-state index is 8.71. The second kappa shape index (κ2) is 8.14. The maximum atomic E-state index is 8.71. The number of anilines is 1. The Balaban J connectivity index is 2.04. The van der Waals surface area contributed by atoms with Crippen LogP contribution in [0.3, 0.4) is 0 Å². The van der Waals surface area contributed by atoms with Gasteiger partial charge in [-0.2, -0.15) is 0 Å². The topological polar surface area (TPSA) is 23.5 Å². The fourth-order valence-corrected chi connectivity index (χ4v) is 2.16. The largest absolute Gasteiger partial charge is 0.395 e. The summed E-state index contributed by atoms with van der Waals surface area (Å²) in [6, 6.07) is 18.8. The highest BCUT2D eigenvalue weighted by molar-refractivity contribution is 5.47. The van der Waals surface area contributed by atoms with Crippen molar-refractivity contribution in [2.75, 3.05) is 18.1 Å². The van der Waals surface area contributed by atoms with E-state index >= 15 is 0 Å². The van der Waals surface area contributed by atoms with E-state index in [4.69, 9.17) is 5.11 Å². The lowest BCUT2D eigenvalue weighted by atomic mass is 10.1. The van der Waals surface area contributed by atoms with Crippen LogP contribution in [0.1, 0.15) is 24.5 Å². The zero-order valence-electron chi connectivity index (χ0n) is 12.4. The molecule has 0 spiro atoms. The first kappa shape index (κ1) is 15.2. The van der Waals surface area contributed by atoms with Gasteiger partial charge in [-0.15, -0.1) is 0 Å². The van der Waals surface area contributed by atoms with Crippen LogP contribution in [0.15, 0.2) is 54.6 Å². The van der Waals surface area contributed by atoms with Crippen molar-refractivity contribution in [3.8, 4) is 11.8 Å². The van der Waals surface area contributed by atoms with E-state index in [9.17, 15) is 0 Å². The average Bonchev–Trinajstić information content (AvgIpc) is 2.55. The van der Waals surface area contributed by atoms with E-state index in [1.165, 1.54) is 11.3 Å². The average molecular weight is 279 g/mol. The molecule has 0 bridgehead atoms. The fourth-order valence-electron chi connectivity index (χ4n) is 2.16. The molecule has 0 radical (unpaired) electrons. The number of benzene rings is 2. The van der Waals surface area contributed by atoms with Crippen molar-refractivity contribution in [2.45, 2.75) is 19.9 Å². The molecule has 0 aliphatic rings. The van der Waals surface area contributed by atoms with E-state index in [2.05, 4.69) is 60.1 Å². The van der Waals surface area contributed by atoms with Crippen LogP contribution in [-0.4, -0.2) is 18.3 Å². The summed E-state index contributed by atoms with van der Waals surface area (Å²) in [5, 5.41) is 8.71. The van der Waals surface area contributed by atoms with Gasteiger partial charge in [0.1, 0.15) is 0 Å². The van der Waals surface area contributed by atoms with Gasteiger partial charge in [-0.1, -0.05) is 42.2 Å². The molecule has 0 saturated heterocycles. The number of rotatable bonds is 5. The summed E-state index contributed by atoms with van der Waals surface area (Å²) in [7, 11) is 0. The summed E-state index contributed by atoms with van der Waals surface area (Å²) in [4.78, 5) is 2.34. The summed E-state index contributed by atoms with van der Waals surface area (Å²) in [6.45, 7) is 4.16. The molecule has 0 atom stereocenters. The maximum Gasteiger partial charge on any atom is 0.0540 e. The summed E-state index contributed by atoms with van der Waals surface area (Å²) < 4.78 is 0. The lowest BCUT2D eigenvalue weighted by molar-refractivity contribution is 0.305. The summed E-state index contributed by atoms with van der Waals surface area (Å²) in [6.07, 6.45) is 0.527. The SMILES string of the molecule is CCN(Cc1ccc(C#CCCO)cc1)c1ccccc1. The van der Waals surface area contributed by atoms with E-state index in [0.29, 0.717) is 6.42 Å². The molecule has 0 heterocycles. The van der Waals surface area contributed by atoms with E-state index in [0.717, 1.165) is 18.7 Å². The van der Waals surface area contributed by atoms with Gasteiger partial charge >= 0.3 is 0 Å². The molecule has 0 aromatic heterocycles. The highest BCUT2D eigenvalue weighted by Gasteiger charge is 2.04. The predicted octanol–water partition coefficient (Wildman–Crippen LogP) is 3.45. The van der Waals surface area contributed by atoms with E-state index in [1.54, 1.807) is 0 Å². The first-order valence-corrected chi connectivity index (χ1v) is 7.32. The molecular formula is C19H21NO. The molecule has 0 unspecified atom stereocenters. The summed E-state index contributed by atoms with van der Waals surface area (Å²) >= 11 is 0. The second-order valence-corrected chi connectivity index (χ2v) is 4.82. The van der Waals surface area contributed by atoms with Gasteiger partial charge in [-0.05, 0) is 36.8 Å². The molecule has 2 rings (SSSR count). The molecule has 0 saturated carbocycles. The number of aliphatic hydroxyl groups excluding tert-OH is 1. The van der Waals surface area contributed by atoms with Crippen molar-refractivity contribution in [3.63, 3.8) is 0 Å². The summed E-state index contributed by atoms with van der Waals surface area (Å²) in [5.74, 6) is 5.99. The lowest BCUT2D eigenvalue weighted by Crippen LogP contribution is -2.21. The first-order chi connectivity index (χ1) is 10.3. The molecule has 2 aromatic carbocycles. The third kappa shape index (κ3) is 4.66. The van der Waals surface area contributed by atoms with Gasteiger partial charge in [-0.25, -0.2) is 0 Å². The molecule has 0 aliphatic carbocycles. The van der Waals surface area contributed by atoms with Crippen LogP contribution in [0, 0.1) is 11.8 Å². The standard InChI is InChI=1S/C19H21NO/c1-2-20(19-9-4-3-5-10-19)16-18-13-11-17(12-14-18)8-6-7-15-21/h3-5,9-14,21H,2,7,15-16H2,1H3. The van der Waals surface area contributed by atoms with Crippen LogP contribution < -0.4 is 4.90 Å². The third-order valence-corrected chi connectivity index (χ3v) is 3.30. The van der Waals surface area contributed by atoms with Crippen molar-refractivity contribution < 1.29 is 5.11 Å². The van der Waals surface area contributed by atoms with Gasteiger partial charge in [0.05, 0.1) is 6.61 Å². The second-order valence-electron chi connectivity index (χ2n) is 4.82. The molecule has 2 nitrogen and oxygen atoms in total. The van der Waals surface area contributed by atoms with Crippen LogP contribution in [0.4, 0.5) is 5.69 Å². The number of nitrogens with zero attached hydrogens (tertiary/aromatic N) is 1. The number of para-hydroxylation sites is 1. The van der Waals surface area contributed by atoms with Crippen LogP contribution >= 0.6 is 0 Å². The van der Waals surface area contributed by atoms with E-state index in [1.807, 2.05) is 18.2 Å². The van der Waals surface area contributed by atoms with Crippen molar-refractivity contribution >= 4 is 5.69 Å². The minimum atomic E-state index is 0.119.